The quantitative estimate of drug-likeness (QED) is 0.646. The molecule has 1 heterocycles. The van der Waals surface area contributed by atoms with Crippen molar-refractivity contribution in [3.8, 4) is 0 Å². The predicted octanol–water partition coefficient (Wildman–Crippen LogP) is 0.0627. The third-order valence-electron chi connectivity index (χ3n) is 1.37. The molecule has 12 heavy (non-hydrogen) atoms. The summed E-state index contributed by atoms with van der Waals surface area (Å²) in [5.74, 6) is 0.0618. The zero-order valence-electron chi connectivity index (χ0n) is 6.82. The largest absolute Gasteiger partial charge is 0.335 e. The van der Waals surface area contributed by atoms with Crippen LogP contribution >= 0.6 is 0 Å². The lowest BCUT2D eigenvalue weighted by Gasteiger charge is -2.11. The number of nitrogens with zero attached hydrogens (tertiary/aromatic N) is 3. The molecule has 5 heteroatoms. The van der Waals surface area contributed by atoms with Crippen molar-refractivity contribution in [2.45, 2.75) is 0 Å². The van der Waals surface area contributed by atoms with Crippen LogP contribution < -0.4 is 0 Å². The van der Waals surface area contributed by atoms with Crippen molar-refractivity contribution >= 4 is 5.91 Å². The van der Waals surface area contributed by atoms with E-state index >= 15 is 0 Å². The van der Waals surface area contributed by atoms with E-state index in [0.29, 0.717) is 6.54 Å². The third kappa shape index (κ3) is 1.69. The predicted molar refractivity (Wildman–Crippen MR) is 43.5 cm³/mol. The topological polar surface area (TPSA) is 61.9 Å². The van der Waals surface area contributed by atoms with Gasteiger partial charge in [-0.25, -0.2) is 4.98 Å². The standard InChI is InChI=1S/C7H10N4O/c1-3-4-11(2)7(12)6-8-5-9-10-6/h3,5H,1,4H2,2H3,(H,8,9,10). The molecular formula is C7H10N4O. The lowest BCUT2D eigenvalue weighted by atomic mass is 10.4. The minimum Gasteiger partial charge on any atom is -0.335 e. The van der Waals surface area contributed by atoms with Gasteiger partial charge in [-0.15, -0.1) is 6.58 Å². The lowest BCUT2D eigenvalue weighted by molar-refractivity contribution is 0.0799. The van der Waals surface area contributed by atoms with Crippen molar-refractivity contribution in [2.75, 3.05) is 13.6 Å². The molecule has 1 amide bonds. The van der Waals surface area contributed by atoms with Gasteiger partial charge in [0.15, 0.2) is 0 Å². The first-order chi connectivity index (χ1) is 5.75. The average Bonchev–Trinajstić information content (AvgIpc) is 2.55. The van der Waals surface area contributed by atoms with E-state index in [1.165, 1.54) is 11.2 Å². The van der Waals surface area contributed by atoms with E-state index < -0.39 is 0 Å². The van der Waals surface area contributed by atoms with Crippen molar-refractivity contribution in [2.24, 2.45) is 0 Å². The number of carbonyl (C=O) groups is 1. The fraction of sp³-hybridized carbons (Fsp3) is 0.286. The van der Waals surface area contributed by atoms with Crippen molar-refractivity contribution in [1.29, 1.82) is 0 Å². The second kappa shape index (κ2) is 3.66. The molecule has 1 rings (SSSR count). The molecule has 64 valence electrons. The molecule has 0 bridgehead atoms. The van der Waals surface area contributed by atoms with E-state index in [0.717, 1.165) is 0 Å². The van der Waals surface area contributed by atoms with Gasteiger partial charge in [-0.3, -0.25) is 9.89 Å². The van der Waals surface area contributed by atoms with Crippen LogP contribution in [0.3, 0.4) is 0 Å². The van der Waals surface area contributed by atoms with Gasteiger partial charge in [0.1, 0.15) is 6.33 Å². The molecule has 0 aliphatic heterocycles. The van der Waals surface area contributed by atoms with Crippen molar-refractivity contribution < 1.29 is 4.79 Å². The van der Waals surface area contributed by atoms with E-state index in [2.05, 4.69) is 21.8 Å². The van der Waals surface area contributed by atoms with Crippen LogP contribution in [0, 0.1) is 0 Å². The Balaban J connectivity index is 2.65. The van der Waals surface area contributed by atoms with Crippen LogP contribution in [0.2, 0.25) is 0 Å². The van der Waals surface area contributed by atoms with Gasteiger partial charge in [-0.05, 0) is 0 Å². The third-order valence-corrected chi connectivity index (χ3v) is 1.37. The first-order valence-electron chi connectivity index (χ1n) is 3.47. The summed E-state index contributed by atoms with van der Waals surface area (Å²) in [5, 5.41) is 6.07. The molecule has 0 radical (unpaired) electrons. The van der Waals surface area contributed by atoms with Gasteiger partial charge in [0, 0.05) is 13.6 Å². The molecule has 0 fully saturated rings. The number of aromatic nitrogens is 3. The molecule has 1 aromatic heterocycles. The van der Waals surface area contributed by atoms with Crippen LogP contribution in [-0.4, -0.2) is 39.6 Å². The molecule has 1 N–H and O–H groups in total. The summed E-state index contributed by atoms with van der Waals surface area (Å²) in [4.78, 5) is 16.6. The van der Waals surface area contributed by atoms with Crippen molar-refractivity contribution in [1.82, 2.24) is 20.1 Å². The van der Waals surface area contributed by atoms with Crippen molar-refractivity contribution in [3.63, 3.8) is 0 Å². The summed E-state index contributed by atoms with van der Waals surface area (Å²) in [6.45, 7) is 4.02. The van der Waals surface area contributed by atoms with Crippen LogP contribution in [0.4, 0.5) is 0 Å². The van der Waals surface area contributed by atoms with Crippen LogP contribution in [0.25, 0.3) is 0 Å². The maximum Gasteiger partial charge on any atom is 0.291 e. The smallest absolute Gasteiger partial charge is 0.291 e. The highest BCUT2D eigenvalue weighted by Gasteiger charge is 2.12. The Kier molecular flexibility index (Phi) is 2.57. The number of hydrogen-bond acceptors (Lipinski definition) is 3. The van der Waals surface area contributed by atoms with Gasteiger partial charge < -0.3 is 4.90 Å². The maximum absolute atomic E-state index is 11.3. The van der Waals surface area contributed by atoms with Crippen LogP contribution in [0.15, 0.2) is 19.0 Å². The number of likely N-dealkylation sites (N-methyl/N-ethyl adjacent to an activating group) is 1. The van der Waals surface area contributed by atoms with Gasteiger partial charge >= 0.3 is 0 Å². The summed E-state index contributed by atoms with van der Waals surface area (Å²) in [6, 6.07) is 0. The average molecular weight is 166 g/mol. The number of rotatable bonds is 3. The molecule has 1 aromatic rings. The van der Waals surface area contributed by atoms with Crippen LogP contribution in [0.1, 0.15) is 10.6 Å². The van der Waals surface area contributed by atoms with Gasteiger partial charge in [-0.2, -0.15) is 5.10 Å². The summed E-state index contributed by atoms with van der Waals surface area (Å²) in [7, 11) is 1.67. The van der Waals surface area contributed by atoms with E-state index in [1.807, 2.05) is 0 Å². The first-order valence-corrected chi connectivity index (χ1v) is 3.47. The normalized spacial score (nSPS) is 9.42. The zero-order chi connectivity index (χ0) is 8.97. The fourth-order valence-corrected chi connectivity index (χ4v) is 0.766. The highest BCUT2D eigenvalue weighted by atomic mass is 16.2. The summed E-state index contributed by atoms with van der Waals surface area (Å²) in [5.41, 5.74) is 0. The maximum atomic E-state index is 11.3. The molecule has 0 atom stereocenters. The SMILES string of the molecule is C=CCN(C)C(=O)c1ncn[nH]1. The molecular weight excluding hydrogens is 156 g/mol. The number of H-pyrrole nitrogens is 1. The molecule has 0 spiro atoms. The number of carbonyl (C=O) groups excluding carboxylic acids is 1. The summed E-state index contributed by atoms with van der Waals surface area (Å²) < 4.78 is 0. The molecule has 0 unspecified atom stereocenters. The molecule has 0 saturated carbocycles. The van der Waals surface area contributed by atoms with E-state index in [1.54, 1.807) is 13.1 Å². The molecule has 0 aliphatic carbocycles. The minimum absolute atomic E-state index is 0.188. The van der Waals surface area contributed by atoms with Gasteiger partial charge in [0.2, 0.25) is 5.82 Å². The Labute approximate surface area is 70.1 Å². The van der Waals surface area contributed by atoms with Gasteiger partial charge in [0.05, 0.1) is 0 Å². The number of aromatic amines is 1. The second-order valence-corrected chi connectivity index (χ2v) is 2.31. The Hall–Kier alpha value is -1.65. The highest BCUT2D eigenvalue weighted by molar-refractivity contribution is 5.90. The Bertz CT molecular complexity index is 267. The van der Waals surface area contributed by atoms with Gasteiger partial charge in [0.25, 0.3) is 5.91 Å². The monoisotopic (exact) mass is 166 g/mol. The lowest BCUT2D eigenvalue weighted by Crippen LogP contribution is -2.27. The number of hydrogen-bond donors (Lipinski definition) is 1. The molecule has 0 saturated heterocycles. The molecule has 0 aromatic carbocycles. The van der Waals surface area contributed by atoms with E-state index in [4.69, 9.17) is 0 Å². The summed E-state index contributed by atoms with van der Waals surface area (Å²) in [6.07, 6.45) is 2.95. The molecule has 5 nitrogen and oxygen atoms in total. The zero-order valence-corrected chi connectivity index (χ0v) is 6.82. The van der Waals surface area contributed by atoms with E-state index in [9.17, 15) is 4.79 Å². The van der Waals surface area contributed by atoms with Crippen LogP contribution in [-0.2, 0) is 0 Å². The molecule has 0 aliphatic rings. The first kappa shape index (κ1) is 8.45. The highest BCUT2D eigenvalue weighted by Crippen LogP contribution is 1.93. The van der Waals surface area contributed by atoms with E-state index in [-0.39, 0.29) is 11.7 Å². The summed E-state index contributed by atoms with van der Waals surface area (Å²) >= 11 is 0. The van der Waals surface area contributed by atoms with Crippen LogP contribution in [0.5, 0.6) is 0 Å². The van der Waals surface area contributed by atoms with Crippen molar-refractivity contribution in [3.05, 3.63) is 24.8 Å². The fourth-order valence-electron chi connectivity index (χ4n) is 0.766. The Morgan fingerprint density at radius 2 is 2.67 bits per heavy atom. The second-order valence-electron chi connectivity index (χ2n) is 2.31. The number of amides is 1. The Morgan fingerprint density at radius 1 is 1.92 bits per heavy atom. The minimum atomic E-state index is -0.188. The van der Waals surface area contributed by atoms with Gasteiger partial charge in [-0.1, -0.05) is 6.08 Å². The Morgan fingerprint density at radius 3 is 3.17 bits per heavy atom. The number of nitrogens with one attached hydrogen (secondary N) is 1.